The van der Waals surface area contributed by atoms with Gasteiger partial charge in [0.1, 0.15) is 17.2 Å². The number of fused-ring (bicyclic) bond motifs is 2. The Hall–Kier alpha value is -3.97. The van der Waals surface area contributed by atoms with Crippen LogP contribution < -0.4 is 24.8 Å². The van der Waals surface area contributed by atoms with Crippen molar-refractivity contribution in [3.05, 3.63) is 77.5 Å². The topological polar surface area (TPSA) is 81.7 Å². The van der Waals surface area contributed by atoms with Crippen molar-refractivity contribution in [1.29, 1.82) is 0 Å². The number of aromatic nitrogens is 1. The Morgan fingerprint density at radius 2 is 1.59 bits per heavy atom. The Balaban J connectivity index is 0.00000320. The normalized spacial score (nSPS) is 12.2. The number of carbonyl (C=O) groups excluding carboxylic acids is 1. The molecule has 1 amide bonds. The zero-order valence-electron chi connectivity index (χ0n) is 21.1. The number of hydrogen-bond donors (Lipinski definition) is 2. The van der Waals surface area contributed by atoms with E-state index in [1.807, 2.05) is 42.5 Å². The molecule has 1 aliphatic carbocycles. The van der Waals surface area contributed by atoms with Crippen molar-refractivity contribution in [2.24, 2.45) is 0 Å². The van der Waals surface area contributed by atoms with Crippen molar-refractivity contribution in [3.63, 3.8) is 0 Å². The second-order valence-electron chi connectivity index (χ2n) is 8.73. The number of anilines is 3. The lowest BCUT2D eigenvalue weighted by molar-refractivity contribution is 0.102. The Morgan fingerprint density at radius 1 is 0.865 bits per heavy atom. The third-order valence-corrected chi connectivity index (χ3v) is 6.50. The van der Waals surface area contributed by atoms with Crippen molar-refractivity contribution < 1.29 is 19.0 Å². The van der Waals surface area contributed by atoms with Crippen molar-refractivity contribution in [2.45, 2.75) is 25.7 Å². The summed E-state index contributed by atoms with van der Waals surface area (Å²) in [5.74, 6) is 1.62. The Labute approximate surface area is 222 Å². The van der Waals surface area contributed by atoms with Gasteiger partial charge in [0.15, 0.2) is 0 Å². The van der Waals surface area contributed by atoms with E-state index in [1.54, 1.807) is 39.5 Å². The highest BCUT2D eigenvalue weighted by Crippen LogP contribution is 2.38. The fourth-order valence-electron chi connectivity index (χ4n) is 4.67. The first-order chi connectivity index (χ1) is 17.6. The van der Waals surface area contributed by atoms with Crippen LogP contribution in [-0.2, 0) is 12.8 Å². The van der Waals surface area contributed by atoms with E-state index in [9.17, 15) is 4.79 Å². The number of rotatable bonds is 7. The van der Waals surface area contributed by atoms with Crippen LogP contribution in [0.25, 0.3) is 10.9 Å². The molecule has 5 rings (SSSR count). The first kappa shape index (κ1) is 26.1. The van der Waals surface area contributed by atoms with Crippen LogP contribution in [0.2, 0.25) is 0 Å². The molecule has 37 heavy (non-hydrogen) atoms. The van der Waals surface area contributed by atoms with Gasteiger partial charge in [0, 0.05) is 28.4 Å². The van der Waals surface area contributed by atoms with E-state index in [2.05, 4.69) is 10.6 Å². The van der Waals surface area contributed by atoms with E-state index in [0.29, 0.717) is 22.7 Å². The molecule has 0 saturated carbocycles. The maximum absolute atomic E-state index is 13.1. The van der Waals surface area contributed by atoms with Crippen LogP contribution in [0.4, 0.5) is 17.1 Å². The van der Waals surface area contributed by atoms with Gasteiger partial charge >= 0.3 is 0 Å². The second-order valence-corrected chi connectivity index (χ2v) is 8.73. The van der Waals surface area contributed by atoms with Crippen molar-refractivity contribution >= 4 is 46.3 Å². The number of aryl methyl sites for hydroxylation is 1. The molecule has 7 nitrogen and oxygen atoms in total. The fourth-order valence-corrected chi connectivity index (χ4v) is 4.67. The van der Waals surface area contributed by atoms with E-state index < -0.39 is 0 Å². The predicted octanol–water partition coefficient (Wildman–Crippen LogP) is 6.56. The van der Waals surface area contributed by atoms with Gasteiger partial charge in [-0.1, -0.05) is 12.1 Å². The molecule has 0 bridgehead atoms. The highest BCUT2D eigenvalue weighted by Gasteiger charge is 2.20. The van der Waals surface area contributed by atoms with E-state index >= 15 is 0 Å². The zero-order valence-corrected chi connectivity index (χ0v) is 21.9. The van der Waals surface area contributed by atoms with Crippen LogP contribution in [0.15, 0.2) is 60.7 Å². The standard InChI is InChI=1S/C29H29N3O4.ClH/c1-34-20-14-18(15-21(17-20)35-2)29(33)30-19-12-13-25-23(16-19)28(22-8-4-5-9-24(22)31-25)32-26-10-6-7-11-27(26)36-3;/h6-7,10-17H,4-5,8-9H2,1-3H3,(H,30,33)(H,31,32);1H. The summed E-state index contributed by atoms with van der Waals surface area (Å²) in [6.07, 6.45) is 4.17. The molecular weight excluding hydrogens is 490 g/mol. The minimum Gasteiger partial charge on any atom is -0.497 e. The van der Waals surface area contributed by atoms with Gasteiger partial charge < -0.3 is 24.8 Å². The number of hydrogen-bond acceptors (Lipinski definition) is 6. The first-order valence-electron chi connectivity index (χ1n) is 12.0. The number of amides is 1. The van der Waals surface area contributed by atoms with Crippen LogP contribution in [0, 0.1) is 0 Å². The summed E-state index contributed by atoms with van der Waals surface area (Å²) >= 11 is 0. The molecule has 4 aromatic rings. The number of para-hydroxylation sites is 2. The number of halogens is 1. The van der Waals surface area contributed by atoms with E-state index in [-0.39, 0.29) is 18.3 Å². The van der Waals surface area contributed by atoms with Crippen molar-refractivity contribution in [3.8, 4) is 17.2 Å². The number of nitrogens with one attached hydrogen (secondary N) is 2. The van der Waals surface area contributed by atoms with E-state index in [0.717, 1.165) is 59.4 Å². The Bertz CT molecular complexity index is 1420. The summed E-state index contributed by atoms with van der Waals surface area (Å²) in [5, 5.41) is 7.59. The van der Waals surface area contributed by atoms with Gasteiger partial charge in [-0.3, -0.25) is 9.78 Å². The van der Waals surface area contributed by atoms with E-state index in [4.69, 9.17) is 19.2 Å². The van der Waals surface area contributed by atoms with Crippen LogP contribution in [0.5, 0.6) is 17.2 Å². The molecule has 2 N–H and O–H groups in total. The summed E-state index contributed by atoms with van der Waals surface area (Å²) in [6.45, 7) is 0. The monoisotopic (exact) mass is 519 g/mol. The Kier molecular flexibility index (Phi) is 8.04. The molecule has 0 spiro atoms. The lowest BCUT2D eigenvalue weighted by atomic mass is 9.92. The van der Waals surface area contributed by atoms with Crippen LogP contribution >= 0.6 is 12.4 Å². The molecule has 0 atom stereocenters. The fraction of sp³-hybridized carbons (Fsp3) is 0.241. The van der Waals surface area contributed by atoms with Gasteiger partial charge in [0.25, 0.3) is 5.91 Å². The first-order valence-corrected chi connectivity index (χ1v) is 12.0. The van der Waals surface area contributed by atoms with E-state index in [1.165, 1.54) is 5.56 Å². The number of methoxy groups -OCH3 is 3. The lowest BCUT2D eigenvalue weighted by Crippen LogP contribution is -2.13. The molecule has 8 heteroatoms. The number of ether oxygens (including phenoxy) is 3. The maximum atomic E-state index is 13.1. The van der Waals surface area contributed by atoms with Gasteiger partial charge in [0.2, 0.25) is 0 Å². The molecule has 0 unspecified atom stereocenters. The van der Waals surface area contributed by atoms with Gasteiger partial charge in [-0.05, 0) is 73.7 Å². The van der Waals surface area contributed by atoms with Gasteiger partial charge in [-0.15, -0.1) is 12.4 Å². The molecule has 0 aliphatic heterocycles. The number of pyridine rings is 1. The number of nitrogens with zero attached hydrogens (tertiary/aromatic N) is 1. The highest BCUT2D eigenvalue weighted by atomic mass is 35.5. The summed E-state index contributed by atoms with van der Waals surface area (Å²) in [6, 6.07) is 18.8. The number of carbonyl (C=O) groups is 1. The lowest BCUT2D eigenvalue weighted by Gasteiger charge is -2.23. The molecule has 1 aromatic heterocycles. The highest BCUT2D eigenvalue weighted by molar-refractivity contribution is 6.06. The van der Waals surface area contributed by atoms with Gasteiger partial charge in [-0.25, -0.2) is 0 Å². The van der Waals surface area contributed by atoms with Crippen LogP contribution in [0.3, 0.4) is 0 Å². The van der Waals surface area contributed by atoms with Gasteiger partial charge in [0.05, 0.1) is 38.2 Å². The SMILES string of the molecule is COc1cc(OC)cc(C(=O)Nc2ccc3nc4c(c(Nc5ccccc5OC)c3c2)CCCC4)c1.Cl. The molecule has 1 aliphatic rings. The molecule has 3 aromatic carbocycles. The summed E-state index contributed by atoms with van der Waals surface area (Å²) < 4.78 is 16.2. The third kappa shape index (κ3) is 5.42. The summed E-state index contributed by atoms with van der Waals surface area (Å²) in [5.41, 5.74) is 6.26. The molecule has 0 fully saturated rings. The minimum absolute atomic E-state index is 0. The van der Waals surface area contributed by atoms with Crippen molar-refractivity contribution in [2.75, 3.05) is 32.0 Å². The Morgan fingerprint density at radius 3 is 2.32 bits per heavy atom. The molecular formula is C29H30ClN3O4. The van der Waals surface area contributed by atoms with Crippen LogP contribution in [-0.4, -0.2) is 32.2 Å². The summed E-state index contributed by atoms with van der Waals surface area (Å²) in [7, 11) is 4.79. The maximum Gasteiger partial charge on any atom is 0.255 e. The zero-order chi connectivity index (χ0) is 25.1. The average molecular weight is 520 g/mol. The predicted molar refractivity (Wildman–Crippen MR) is 149 cm³/mol. The average Bonchev–Trinajstić information content (AvgIpc) is 2.93. The van der Waals surface area contributed by atoms with Crippen molar-refractivity contribution in [1.82, 2.24) is 4.98 Å². The largest absolute Gasteiger partial charge is 0.497 e. The van der Waals surface area contributed by atoms with Crippen LogP contribution in [0.1, 0.15) is 34.5 Å². The molecule has 0 saturated heterocycles. The molecule has 0 radical (unpaired) electrons. The van der Waals surface area contributed by atoms with Gasteiger partial charge in [-0.2, -0.15) is 0 Å². The smallest absolute Gasteiger partial charge is 0.255 e. The second kappa shape index (κ2) is 11.4. The third-order valence-electron chi connectivity index (χ3n) is 6.50. The molecule has 192 valence electrons. The quantitative estimate of drug-likeness (QED) is 0.288. The minimum atomic E-state index is -0.253. The molecule has 1 heterocycles. The number of benzene rings is 3. The summed E-state index contributed by atoms with van der Waals surface area (Å²) in [4.78, 5) is 18.1.